The van der Waals surface area contributed by atoms with Crippen LogP contribution in [-0.2, 0) is 9.59 Å². The number of hydrogen-bond acceptors (Lipinski definition) is 3. The van der Waals surface area contributed by atoms with E-state index in [4.69, 9.17) is 5.73 Å². The van der Waals surface area contributed by atoms with Crippen LogP contribution in [0.15, 0.2) is 0 Å². The van der Waals surface area contributed by atoms with E-state index in [0.29, 0.717) is 13.1 Å². The zero-order valence-corrected chi connectivity index (χ0v) is 14.2. The first kappa shape index (κ1) is 21.5. The van der Waals surface area contributed by atoms with Crippen molar-refractivity contribution in [2.45, 2.75) is 59.4 Å². The Morgan fingerprint density at radius 3 is 1.95 bits per heavy atom. The molecule has 0 atom stereocenters. The highest BCUT2D eigenvalue weighted by atomic mass is 35.5. The Balaban J connectivity index is 0. The lowest BCUT2D eigenvalue weighted by molar-refractivity contribution is -0.128. The van der Waals surface area contributed by atoms with Crippen molar-refractivity contribution >= 4 is 24.2 Å². The fourth-order valence-corrected chi connectivity index (χ4v) is 1.42. The van der Waals surface area contributed by atoms with Gasteiger partial charge in [0.2, 0.25) is 11.8 Å². The average Bonchev–Trinajstić information content (AvgIpc) is 2.34. The Hall–Kier alpha value is -0.810. The minimum atomic E-state index is -0.423. The van der Waals surface area contributed by atoms with Crippen LogP contribution in [0.3, 0.4) is 0 Å². The molecule has 0 unspecified atom stereocenters. The molecule has 0 aliphatic rings. The summed E-state index contributed by atoms with van der Waals surface area (Å²) in [5.74, 6) is -0.124. The van der Waals surface area contributed by atoms with E-state index in [1.165, 1.54) is 0 Å². The molecule has 2 amide bonds. The number of nitrogens with one attached hydrogen (secondary N) is 2. The summed E-state index contributed by atoms with van der Waals surface area (Å²) in [5.41, 5.74) is 5.34. The first-order valence-electron chi connectivity index (χ1n) is 6.98. The molecule has 0 rings (SSSR count). The summed E-state index contributed by atoms with van der Waals surface area (Å²) in [4.78, 5) is 23.2. The third-order valence-corrected chi connectivity index (χ3v) is 3.36. The Morgan fingerprint density at radius 1 is 1.05 bits per heavy atom. The van der Waals surface area contributed by atoms with Crippen LogP contribution < -0.4 is 16.4 Å². The number of rotatable bonds is 7. The zero-order chi connectivity index (χ0) is 15.1. The van der Waals surface area contributed by atoms with Gasteiger partial charge < -0.3 is 16.4 Å². The van der Waals surface area contributed by atoms with Gasteiger partial charge in [-0.05, 0) is 12.8 Å². The maximum atomic E-state index is 11.6. The van der Waals surface area contributed by atoms with Crippen LogP contribution in [0, 0.1) is 5.41 Å². The quantitative estimate of drug-likeness (QED) is 0.668. The van der Waals surface area contributed by atoms with Crippen LogP contribution in [0.5, 0.6) is 0 Å². The van der Waals surface area contributed by atoms with E-state index < -0.39 is 5.41 Å². The van der Waals surface area contributed by atoms with E-state index in [1.807, 2.05) is 34.6 Å². The van der Waals surface area contributed by atoms with E-state index >= 15 is 0 Å². The lowest BCUT2D eigenvalue weighted by Crippen LogP contribution is -2.49. The van der Waals surface area contributed by atoms with E-state index in [0.717, 1.165) is 12.8 Å². The molecule has 4 N–H and O–H groups in total. The summed E-state index contributed by atoms with van der Waals surface area (Å²) in [5, 5.41) is 5.57. The SMILES string of the molecule is CCC(N)(CC)CNC(=O)CCNC(=O)C(C)(C)C.Cl. The topological polar surface area (TPSA) is 84.2 Å². The molecule has 0 radical (unpaired) electrons. The van der Waals surface area contributed by atoms with Gasteiger partial charge in [-0.1, -0.05) is 34.6 Å². The predicted molar refractivity (Wildman–Crippen MR) is 84.8 cm³/mol. The Morgan fingerprint density at radius 2 is 1.55 bits per heavy atom. The molecule has 0 aromatic heterocycles. The smallest absolute Gasteiger partial charge is 0.225 e. The number of halogens is 1. The first-order valence-corrected chi connectivity index (χ1v) is 6.98. The van der Waals surface area contributed by atoms with E-state index in [2.05, 4.69) is 10.6 Å². The molecule has 6 heteroatoms. The maximum Gasteiger partial charge on any atom is 0.225 e. The molecule has 0 spiro atoms. The highest BCUT2D eigenvalue weighted by molar-refractivity contribution is 5.85. The van der Waals surface area contributed by atoms with Gasteiger partial charge in [0, 0.05) is 30.5 Å². The van der Waals surface area contributed by atoms with Gasteiger partial charge in [-0.2, -0.15) is 0 Å². The fraction of sp³-hybridized carbons (Fsp3) is 0.857. The van der Waals surface area contributed by atoms with Crippen molar-refractivity contribution < 1.29 is 9.59 Å². The van der Waals surface area contributed by atoms with Crippen molar-refractivity contribution in [3.8, 4) is 0 Å². The molecule has 0 bridgehead atoms. The van der Waals surface area contributed by atoms with Crippen molar-refractivity contribution in [1.29, 1.82) is 0 Å². The Labute approximate surface area is 128 Å². The fourth-order valence-electron chi connectivity index (χ4n) is 1.42. The van der Waals surface area contributed by atoms with Gasteiger partial charge in [0.15, 0.2) is 0 Å². The minimum absolute atomic E-state index is 0. The molecular formula is C14H30ClN3O2. The lowest BCUT2D eigenvalue weighted by atomic mass is 9.94. The molecule has 120 valence electrons. The van der Waals surface area contributed by atoms with Crippen molar-refractivity contribution in [3.05, 3.63) is 0 Å². The number of amides is 2. The van der Waals surface area contributed by atoms with Gasteiger partial charge in [0.25, 0.3) is 0 Å². The summed E-state index contributed by atoms with van der Waals surface area (Å²) in [6.07, 6.45) is 1.93. The highest BCUT2D eigenvalue weighted by Gasteiger charge is 2.22. The summed E-state index contributed by atoms with van der Waals surface area (Å²) in [7, 11) is 0. The van der Waals surface area contributed by atoms with Gasteiger partial charge in [0.1, 0.15) is 0 Å². The van der Waals surface area contributed by atoms with E-state index in [9.17, 15) is 9.59 Å². The van der Waals surface area contributed by atoms with Crippen LogP contribution in [0.2, 0.25) is 0 Å². The van der Waals surface area contributed by atoms with Crippen LogP contribution in [0.25, 0.3) is 0 Å². The van der Waals surface area contributed by atoms with Gasteiger partial charge >= 0.3 is 0 Å². The molecular weight excluding hydrogens is 278 g/mol. The number of carbonyl (C=O) groups is 2. The average molecular weight is 308 g/mol. The summed E-state index contributed by atoms with van der Waals surface area (Å²) < 4.78 is 0. The van der Waals surface area contributed by atoms with Gasteiger partial charge in [-0.3, -0.25) is 9.59 Å². The summed E-state index contributed by atoms with van der Waals surface area (Å²) >= 11 is 0. The monoisotopic (exact) mass is 307 g/mol. The number of hydrogen-bond donors (Lipinski definition) is 3. The molecule has 0 fully saturated rings. The third kappa shape index (κ3) is 8.38. The van der Waals surface area contributed by atoms with Crippen molar-refractivity contribution in [3.63, 3.8) is 0 Å². The van der Waals surface area contributed by atoms with Crippen LogP contribution in [0.4, 0.5) is 0 Å². The van der Waals surface area contributed by atoms with Crippen LogP contribution in [-0.4, -0.2) is 30.4 Å². The molecule has 0 aromatic rings. The molecule has 0 aromatic carbocycles. The molecule has 20 heavy (non-hydrogen) atoms. The van der Waals surface area contributed by atoms with Crippen LogP contribution in [0.1, 0.15) is 53.9 Å². The van der Waals surface area contributed by atoms with E-state index in [-0.39, 0.29) is 36.2 Å². The Bertz CT molecular complexity index is 310. The molecule has 0 saturated heterocycles. The van der Waals surface area contributed by atoms with Crippen molar-refractivity contribution in [2.24, 2.45) is 11.1 Å². The molecule has 0 aliphatic carbocycles. The molecule has 0 heterocycles. The molecule has 0 saturated carbocycles. The Kier molecular flexibility index (Phi) is 9.87. The molecule has 5 nitrogen and oxygen atoms in total. The predicted octanol–water partition coefficient (Wildman–Crippen LogP) is 1.59. The van der Waals surface area contributed by atoms with Gasteiger partial charge in [-0.25, -0.2) is 0 Å². The van der Waals surface area contributed by atoms with Gasteiger partial charge in [0.05, 0.1) is 0 Å². The normalized spacial score (nSPS) is 11.5. The van der Waals surface area contributed by atoms with Crippen LogP contribution >= 0.6 is 12.4 Å². The lowest BCUT2D eigenvalue weighted by Gasteiger charge is -2.26. The highest BCUT2D eigenvalue weighted by Crippen LogP contribution is 2.12. The maximum absolute atomic E-state index is 11.6. The second-order valence-electron chi connectivity index (χ2n) is 6.10. The minimum Gasteiger partial charge on any atom is -0.355 e. The number of nitrogens with two attached hydrogens (primary N) is 1. The van der Waals surface area contributed by atoms with Crippen molar-refractivity contribution in [2.75, 3.05) is 13.1 Å². The second-order valence-corrected chi connectivity index (χ2v) is 6.10. The number of carbonyl (C=O) groups excluding carboxylic acids is 2. The van der Waals surface area contributed by atoms with E-state index in [1.54, 1.807) is 0 Å². The zero-order valence-electron chi connectivity index (χ0n) is 13.3. The summed E-state index contributed by atoms with van der Waals surface area (Å²) in [6.45, 7) is 10.4. The third-order valence-electron chi connectivity index (χ3n) is 3.36. The standard InChI is InChI=1S/C14H29N3O2.ClH/c1-6-14(15,7-2)10-17-11(18)8-9-16-12(19)13(3,4)5;/h6-10,15H2,1-5H3,(H,16,19)(H,17,18);1H. The summed E-state index contributed by atoms with van der Waals surface area (Å²) in [6, 6.07) is 0. The first-order chi connectivity index (χ1) is 8.64. The second kappa shape index (κ2) is 9.19. The molecule has 0 aliphatic heterocycles. The van der Waals surface area contributed by atoms with Crippen molar-refractivity contribution in [1.82, 2.24) is 10.6 Å². The van der Waals surface area contributed by atoms with Gasteiger partial charge in [-0.15, -0.1) is 12.4 Å². The largest absolute Gasteiger partial charge is 0.355 e.